The van der Waals surface area contributed by atoms with Crippen molar-refractivity contribution in [2.75, 3.05) is 13.9 Å². The molecule has 0 saturated carbocycles. The minimum absolute atomic E-state index is 0.141. The lowest BCUT2D eigenvalue weighted by Crippen LogP contribution is -2.25. The molecule has 6 nitrogen and oxygen atoms in total. The summed E-state index contributed by atoms with van der Waals surface area (Å²) >= 11 is 0. The molecule has 0 fully saturated rings. The van der Waals surface area contributed by atoms with Crippen LogP contribution in [0.2, 0.25) is 0 Å². The highest BCUT2D eigenvalue weighted by Gasteiger charge is 2.12. The molecule has 22 heavy (non-hydrogen) atoms. The zero-order chi connectivity index (χ0) is 15.9. The minimum atomic E-state index is -0.141. The van der Waals surface area contributed by atoms with E-state index in [0.717, 1.165) is 17.7 Å². The number of carbonyl (C=O) groups is 1. The fourth-order valence-electron chi connectivity index (χ4n) is 2.06. The Bertz CT molecular complexity index is 637. The van der Waals surface area contributed by atoms with Crippen molar-refractivity contribution in [1.82, 2.24) is 15.1 Å². The third-order valence-corrected chi connectivity index (χ3v) is 3.22. The van der Waals surface area contributed by atoms with Crippen molar-refractivity contribution in [2.45, 2.75) is 19.9 Å². The molecule has 0 unspecified atom stereocenters. The van der Waals surface area contributed by atoms with Crippen molar-refractivity contribution in [1.29, 1.82) is 0 Å². The van der Waals surface area contributed by atoms with Gasteiger partial charge in [-0.15, -0.1) is 0 Å². The van der Waals surface area contributed by atoms with E-state index in [0.29, 0.717) is 18.0 Å². The van der Waals surface area contributed by atoms with E-state index in [1.165, 1.54) is 0 Å². The van der Waals surface area contributed by atoms with Gasteiger partial charge in [-0.25, -0.2) is 0 Å². The summed E-state index contributed by atoms with van der Waals surface area (Å²) in [4.78, 5) is 12.2. The quantitative estimate of drug-likeness (QED) is 0.793. The van der Waals surface area contributed by atoms with Crippen LogP contribution in [0.4, 0.5) is 0 Å². The van der Waals surface area contributed by atoms with Crippen molar-refractivity contribution in [3.63, 3.8) is 0 Å². The van der Waals surface area contributed by atoms with Gasteiger partial charge in [0.2, 0.25) is 0 Å². The zero-order valence-corrected chi connectivity index (χ0v) is 13.1. The van der Waals surface area contributed by atoms with Gasteiger partial charge in [-0.05, 0) is 30.2 Å². The van der Waals surface area contributed by atoms with Crippen LogP contribution >= 0.6 is 0 Å². The Balaban J connectivity index is 1.97. The number of benzene rings is 1. The molecule has 0 radical (unpaired) electrons. The maximum absolute atomic E-state index is 12.2. The first-order chi connectivity index (χ1) is 10.6. The summed E-state index contributed by atoms with van der Waals surface area (Å²) in [7, 11) is 3.34. The maximum atomic E-state index is 12.2. The van der Waals surface area contributed by atoms with Gasteiger partial charge in [0.25, 0.3) is 5.91 Å². The number of aromatic nitrogens is 2. The van der Waals surface area contributed by atoms with Gasteiger partial charge >= 0.3 is 0 Å². The molecule has 0 spiro atoms. The molecule has 0 aliphatic carbocycles. The molecule has 0 aliphatic rings. The monoisotopic (exact) mass is 303 g/mol. The number of hydrogen-bond donors (Lipinski definition) is 1. The second-order valence-electron chi connectivity index (χ2n) is 4.88. The van der Waals surface area contributed by atoms with Crippen LogP contribution in [-0.4, -0.2) is 29.6 Å². The number of aryl methyl sites for hydroxylation is 2. The van der Waals surface area contributed by atoms with Gasteiger partial charge in [-0.1, -0.05) is 19.1 Å². The zero-order valence-electron chi connectivity index (χ0n) is 13.1. The molecule has 0 atom stereocenters. The minimum Gasteiger partial charge on any atom is -0.468 e. The van der Waals surface area contributed by atoms with E-state index in [-0.39, 0.29) is 12.7 Å². The largest absolute Gasteiger partial charge is 0.468 e. The highest BCUT2D eigenvalue weighted by molar-refractivity contribution is 5.92. The molecule has 118 valence electrons. The van der Waals surface area contributed by atoms with E-state index in [2.05, 4.69) is 10.4 Å². The number of amides is 1. The fourth-order valence-corrected chi connectivity index (χ4v) is 2.06. The van der Waals surface area contributed by atoms with Crippen LogP contribution in [0.15, 0.2) is 30.3 Å². The van der Waals surface area contributed by atoms with Gasteiger partial charge in [-0.3, -0.25) is 9.48 Å². The molecular formula is C16H21N3O3. The van der Waals surface area contributed by atoms with Gasteiger partial charge in [-0.2, -0.15) is 5.10 Å². The summed E-state index contributed by atoms with van der Waals surface area (Å²) < 4.78 is 11.8. The highest BCUT2D eigenvalue weighted by atomic mass is 16.7. The van der Waals surface area contributed by atoms with E-state index in [9.17, 15) is 4.79 Å². The molecule has 2 aromatic rings. The van der Waals surface area contributed by atoms with Crippen molar-refractivity contribution in [2.24, 2.45) is 7.05 Å². The first kappa shape index (κ1) is 16.0. The van der Waals surface area contributed by atoms with Crippen LogP contribution < -0.4 is 10.1 Å². The summed E-state index contributed by atoms with van der Waals surface area (Å²) in [6.07, 6.45) is 0.806. The van der Waals surface area contributed by atoms with Crippen LogP contribution in [0.5, 0.6) is 5.75 Å². The number of methoxy groups -OCH3 is 1. The second-order valence-corrected chi connectivity index (χ2v) is 4.88. The molecule has 1 heterocycles. The second kappa shape index (κ2) is 7.61. The summed E-state index contributed by atoms with van der Waals surface area (Å²) in [5.74, 6) is 0.570. The molecule has 1 amide bonds. The number of ether oxygens (including phenoxy) is 2. The summed E-state index contributed by atoms with van der Waals surface area (Å²) in [6, 6.07) is 9.35. The topological polar surface area (TPSA) is 65.4 Å². The number of carbonyl (C=O) groups excluding carboxylic acids is 1. The number of nitrogens with zero attached hydrogens (tertiary/aromatic N) is 2. The summed E-state index contributed by atoms with van der Waals surface area (Å²) in [6.45, 7) is 2.63. The summed E-state index contributed by atoms with van der Waals surface area (Å²) in [5.41, 5.74) is 2.42. The van der Waals surface area contributed by atoms with Gasteiger partial charge < -0.3 is 14.8 Å². The smallest absolute Gasteiger partial charge is 0.269 e. The average Bonchev–Trinajstić information content (AvgIpc) is 2.92. The Labute approximate surface area is 130 Å². The Hall–Kier alpha value is -2.34. The van der Waals surface area contributed by atoms with E-state index in [4.69, 9.17) is 9.47 Å². The first-order valence-electron chi connectivity index (χ1n) is 7.15. The van der Waals surface area contributed by atoms with Crippen molar-refractivity contribution >= 4 is 5.91 Å². The predicted octanol–water partition coefficient (Wildman–Crippen LogP) is 1.90. The molecule has 0 bridgehead atoms. The lowest BCUT2D eigenvalue weighted by Gasteiger charge is -2.08. The Morgan fingerprint density at radius 3 is 2.86 bits per heavy atom. The van der Waals surface area contributed by atoms with Crippen LogP contribution in [0.3, 0.4) is 0 Å². The van der Waals surface area contributed by atoms with Gasteiger partial charge in [0.05, 0.1) is 5.69 Å². The van der Waals surface area contributed by atoms with Crippen LogP contribution in [-0.2, 0) is 24.8 Å². The van der Waals surface area contributed by atoms with E-state index in [1.807, 2.05) is 37.3 Å². The molecule has 1 N–H and O–H groups in total. The Morgan fingerprint density at radius 2 is 2.18 bits per heavy atom. The lowest BCUT2D eigenvalue weighted by molar-refractivity contribution is 0.0510. The molecule has 0 saturated heterocycles. The standard InChI is InChI=1S/C16H21N3O3/c1-4-13-9-15(19(2)18-13)16(20)17-10-12-6-5-7-14(8-12)22-11-21-3/h5-9H,4,10-11H2,1-3H3,(H,17,20). The average molecular weight is 303 g/mol. The Kier molecular flexibility index (Phi) is 5.55. The van der Waals surface area contributed by atoms with Crippen molar-refractivity contribution < 1.29 is 14.3 Å². The molecule has 1 aromatic heterocycles. The number of hydrogen-bond acceptors (Lipinski definition) is 4. The van der Waals surface area contributed by atoms with Crippen molar-refractivity contribution in [3.8, 4) is 5.75 Å². The summed E-state index contributed by atoms with van der Waals surface area (Å²) in [5, 5.41) is 7.17. The van der Waals surface area contributed by atoms with E-state index in [1.54, 1.807) is 18.8 Å². The van der Waals surface area contributed by atoms with Gasteiger partial charge in [0.15, 0.2) is 6.79 Å². The van der Waals surface area contributed by atoms with E-state index >= 15 is 0 Å². The van der Waals surface area contributed by atoms with Gasteiger partial charge in [0, 0.05) is 20.7 Å². The SMILES string of the molecule is CCc1cc(C(=O)NCc2cccc(OCOC)c2)n(C)n1. The number of nitrogens with one attached hydrogen (secondary N) is 1. The highest BCUT2D eigenvalue weighted by Crippen LogP contribution is 2.13. The van der Waals surface area contributed by atoms with Crippen LogP contribution in [0.1, 0.15) is 28.7 Å². The van der Waals surface area contributed by atoms with Crippen LogP contribution in [0, 0.1) is 0 Å². The first-order valence-corrected chi connectivity index (χ1v) is 7.15. The fraction of sp³-hybridized carbons (Fsp3) is 0.375. The molecular weight excluding hydrogens is 282 g/mol. The van der Waals surface area contributed by atoms with Gasteiger partial charge in [0.1, 0.15) is 11.4 Å². The van der Waals surface area contributed by atoms with Crippen molar-refractivity contribution in [3.05, 3.63) is 47.3 Å². The predicted molar refractivity (Wildman–Crippen MR) is 82.7 cm³/mol. The van der Waals surface area contributed by atoms with E-state index < -0.39 is 0 Å². The maximum Gasteiger partial charge on any atom is 0.269 e. The molecule has 2 rings (SSSR count). The number of rotatable bonds is 7. The Morgan fingerprint density at radius 1 is 1.36 bits per heavy atom. The third kappa shape index (κ3) is 4.08. The normalized spacial score (nSPS) is 10.5. The molecule has 1 aromatic carbocycles. The molecule has 6 heteroatoms. The lowest BCUT2D eigenvalue weighted by atomic mass is 10.2. The molecule has 0 aliphatic heterocycles. The third-order valence-electron chi connectivity index (χ3n) is 3.22. The van der Waals surface area contributed by atoms with Crippen LogP contribution in [0.25, 0.3) is 0 Å².